The van der Waals surface area contributed by atoms with Crippen LogP contribution in [0.5, 0.6) is 0 Å². The molecule has 0 fully saturated rings. The summed E-state index contributed by atoms with van der Waals surface area (Å²) in [6, 6.07) is 41.8. The van der Waals surface area contributed by atoms with Crippen LogP contribution in [0.15, 0.2) is 146 Å². The van der Waals surface area contributed by atoms with Gasteiger partial charge in [-0.25, -0.2) is 9.97 Å². The molecule has 6 heterocycles. The highest BCUT2D eigenvalue weighted by molar-refractivity contribution is 6.09. The Morgan fingerprint density at radius 2 is 1.00 bits per heavy atom. The van der Waals surface area contributed by atoms with E-state index >= 15 is 0 Å². The highest BCUT2D eigenvalue weighted by atomic mass is 15.1. The molecular weight excluding hydrogens is 540 g/mol. The average molecular weight is 565 g/mol. The van der Waals surface area contributed by atoms with E-state index in [1.165, 1.54) is 10.8 Å². The molecule has 0 aliphatic heterocycles. The van der Waals surface area contributed by atoms with E-state index < -0.39 is 0 Å². The van der Waals surface area contributed by atoms with Crippen molar-refractivity contribution in [3.05, 3.63) is 146 Å². The van der Waals surface area contributed by atoms with Gasteiger partial charge in [0.05, 0.1) is 45.3 Å². The molecule has 0 unspecified atom stereocenters. The number of benzene rings is 3. The monoisotopic (exact) mass is 564 g/mol. The lowest BCUT2D eigenvalue weighted by Crippen LogP contribution is -1.99. The van der Waals surface area contributed by atoms with Crippen molar-refractivity contribution in [2.45, 2.75) is 0 Å². The maximum Gasteiger partial charge on any atom is 0.138 e. The van der Waals surface area contributed by atoms with Crippen molar-refractivity contribution in [2.24, 2.45) is 0 Å². The first-order chi connectivity index (χ1) is 21.8. The number of hydrogen-bond donors (Lipinski definition) is 0. The van der Waals surface area contributed by atoms with Crippen molar-refractivity contribution in [1.29, 1.82) is 0 Å². The summed E-state index contributed by atoms with van der Waals surface area (Å²) in [4.78, 5) is 18.9. The van der Waals surface area contributed by atoms with Crippen LogP contribution >= 0.6 is 0 Å². The summed E-state index contributed by atoms with van der Waals surface area (Å²) >= 11 is 0. The Morgan fingerprint density at radius 3 is 1.84 bits per heavy atom. The maximum absolute atomic E-state index is 5.09. The summed E-state index contributed by atoms with van der Waals surface area (Å²) in [5, 5.41) is 4.68. The van der Waals surface area contributed by atoms with Crippen LogP contribution in [0.1, 0.15) is 0 Å². The van der Waals surface area contributed by atoms with E-state index in [1.807, 2.05) is 61.2 Å². The SMILES string of the molecule is c1cc(-c2ccc(-n3c4ccccc4c4cnccc43)cc2)nc(-c2cccc(-n3c4ccccc4c4ccncc43)n2)c1. The van der Waals surface area contributed by atoms with E-state index in [4.69, 9.17) is 9.97 Å². The third-order valence-electron chi connectivity index (χ3n) is 8.35. The van der Waals surface area contributed by atoms with Crippen LogP contribution in [0, 0.1) is 0 Å². The Labute approximate surface area is 252 Å². The molecule has 44 heavy (non-hydrogen) atoms. The van der Waals surface area contributed by atoms with Gasteiger partial charge in [0.25, 0.3) is 0 Å². The maximum atomic E-state index is 5.09. The standard InChI is InChI=1S/C38H24N6/c1-4-13-35-27(7-1)29-19-21-40-24-37(29)44(35)38-14-6-11-33(42-38)32-10-5-9-31(41-32)25-15-17-26(18-16-25)43-34-12-3-2-8-28(34)30-23-39-22-20-36(30)43/h1-24H. The molecule has 6 aromatic heterocycles. The van der Waals surface area contributed by atoms with Gasteiger partial charge in [0.2, 0.25) is 0 Å². The van der Waals surface area contributed by atoms with Crippen molar-refractivity contribution in [2.75, 3.05) is 0 Å². The van der Waals surface area contributed by atoms with Gasteiger partial charge in [-0.3, -0.25) is 14.5 Å². The fraction of sp³-hybridized carbons (Fsp3) is 0. The second-order valence-electron chi connectivity index (χ2n) is 10.8. The minimum absolute atomic E-state index is 0.815. The Morgan fingerprint density at radius 1 is 0.386 bits per heavy atom. The lowest BCUT2D eigenvalue weighted by atomic mass is 10.1. The number of hydrogen-bond acceptors (Lipinski definition) is 4. The molecule has 206 valence electrons. The van der Waals surface area contributed by atoms with Gasteiger partial charge in [-0.15, -0.1) is 0 Å². The predicted molar refractivity (Wildman–Crippen MR) is 177 cm³/mol. The van der Waals surface area contributed by atoms with Crippen LogP contribution < -0.4 is 0 Å². The Kier molecular flexibility index (Phi) is 5.40. The highest BCUT2D eigenvalue weighted by Crippen LogP contribution is 2.33. The zero-order valence-electron chi connectivity index (χ0n) is 23.5. The molecule has 0 N–H and O–H groups in total. The van der Waals surface area contributed by atoms with Gasteiger partial charge < -0.3 is 4.57 Å². The first kappa shape index (κ1) is 24.5. The van der Waals surface area contributed by atoms with Crippen LogP contribution in [0.3, 0.4) is 0 Å². The fourth-order valence-electron chi connectivity index (χ4n) is 6.37. The van der Waals surface area contributed by atoms with Crippen LogP contribution in [-0.2, 0) is 0 Å². The van der Waals surface area contributed by atoms with Crippen LogP contribution in [0.2, 0.25) is 0 Å². The molecule has 0 radical (unpaired) electrons. The molecule has 0 aliphatic carbocycles. The van der Waals surface area contributed by atoms with E-state index in [9.17, 15) is 0 Å². The fourth-order valence-corrected chi connectivity index (χ4v) is 6.37. The first-order valence-electron chi connectivity index (χ1n) is 14.6. The second-order valence-corrected chi connectivity index (χ2v) is 10.8. The minimum atomic E-state index is 0.815. The van der Waals surface area contributed by atoms with E-state index in [1.54, 1.807) is 0 Å². The minimum Gasteiger partial charge on any atom is -0.309 e. The van der Waals surface area contributed by atoms with E-state index in [2.05, 4.69) is 104 Å². The number of pyridine rings is 4. The molecule has 9 rings (SSSR count). The van der Waals surface area contributed by atoms with Crippen LogP contribution in [0.4, 0.5) is 0 Å². The van der Waals surface area contributed by atoms with Crippen molar-refractivity contribution >= 4 is 43.6 Å². The molecule has 9 aromatic rings. The number of fused-ring (bicyclic) bond motifs is 6. The van der Waals surface area contributed by atoms with E-state index in [0.717, 1.165) is 67.0 Å². The molecule has 6 nitrogen and oxygen atoms in total. The van der Waals surface area contributed by atoms with Gasteiger partial charge >= 0.3 is 0 Å². The molecule has 0 saturated heterocycles. The van der Waals surface area contributed by atoms with Crippen molar-refractivity contribution < 1.29 is 0 Å². The van der Waals surface area contributed by atoms with Crippen LogP contribution in [0.25, 0.3) is 77.8 Å². The summed E-state index contributed by atoms with van der Waals surface area (Å²) < 4.78 is 4.47. The third-order valence-corrected chi connectivity index (χ3v) is 8.35. The largest absolute Gasteiger partial charge is 0.309 e. The van der Waals surface area contributed by atoms with Gasteiger partial charge in [-0.05, 0) is 60.7 Å². The molecule has 0 aliphatic rings. The number of rotatable bonds is 4. The topological polar surface area (TPSA) is 61.4 Å². The predicted octanol–water partition coefficient (Wildman–Crippen LogP) is 8.79. The molecule has 0 saturated carbocycles. The summed E-state index contributed by atoms with van der Waals surface area (Å²) in [6.45, 7) is 0. The number of aromatic nitrogens is 6. The third kappa shape index (κ3) is 3.75. The Bertz CT molecular complexity index is 2400. The first-order valence-corrected chi connectivity index (χ1v) is 14.6. The second kappa shape index (κ2) is 9.71. The molecule has 0 bridgehead atoms. The molecule has 0 spiro atoms. The average Bonchev–Trinajstić information content (AvgIpc) is 3.62. The smallest absolute Gasteiger partial charge is 0.138 e. The molecule has 3 aromatic carbocycles. The van der Waals surface area contributed by atoms with Gasteiger partial charge in [0.15, 0.2) is 0 Å². The van der Waals surface area contributed by atoms with E-state index in [-0.39, 0.29) is 0 Å². The summed E-state index contributed by atoms with van der Waals surface area (Å²) in [7, 11) is 0. The lowest BCUT2D eigenvalue weighted by molar-refractivity contribution is 1.07. The van der Waals surface area contributed by atoms with Crippen molar-refractivity contribution in [3.8, 4) is 34.2 Å². The van der Waals surface area contributed by atoms with Crippen molar-refractivity contribution in [3.63, 3.8) is 0 Å². The normalized spacial score (nSPS) is 11.6. The van der Waals surface area contributed by atoms with Gasteiger partial charge in [0.1, 0.15) is 5.82 Å². The zero-order chi connectivity index (χ0) is 29.0. The molecule has 0 amide bonds. The van der Waals surface area contributed by atoms with Gasteiger partial charge in [0, 0.05) is 51.4 Å². The van der Waals surface area contributed by atoms with Gasteiger partial charge in [-0.1, -0.05) is 60.7 Å². The molecular formula is C38H24N6. The van der Waals surface area contributed by atoms with Crippen LogP contribution in [-0.4, -0.2) is 29.1 Å². The Hall–Kier alpha value is -6.14. The lowest BCUT2D eigenvalue weighted by Gasteiger charge is -2.11. The zero-order valence-corrected chi connectivity index (χ0v) is 23.5. The number of nitrogens with zero attached hydrogens (tertiary/aromatic N) is 6. The van der Waals surface area contributed by atoms with E-state index in [0.29, 0.717) is 0 Å². The number of para-hydroxylation sites is 2. The Balaban J connectivity index is 1.11. The summed E-state index contributed by atoms with van der Waals surface area (Å²) in [5.74, 6) is 0.833. The summed E-state index contributed by atoms with van der Waals surface area (Å²) in [5.41, 5.74) is 9.10. The van der Waals surface area contributed by atoms with Gasteiger partial charge in [-0.2, -0.15) is 0 Å². The highest BCUT2D eigenvalue weighted by Gasteiger charge is 2.15. The summed E-state index contributed by atoms with van der Waals surface area (Å²) in [6.07, 6.45) is 7.54. The molecule has 0 atom stereocenters. The quantitative estimate of drug-likeness (QED) is 0.214. The molecule has 6 heteroatoms. The van der Waals surface area contributed by atoms with Crippen molar-refractivity contribution in [1.82, 2.24) is 29.1 Å².